The lowest BCUT2D eigenvalue weighted by Crippen LogP contribution is -2.30. The van der Waals surface area contributed by atoms with Gasteiger partial charge in [-0.2, -0.15) is 0 Å². The molecule has 18 heavy (non-hydrogen) atoms. The fourth-order valence-electron chi connectivity index (χ4n) is 1.48. The Morgan fingerprint density at radius 1 is 1.56 bits per heavy atom. The Morgan fingerprint density at radius 3 is 2.61 bits per heavy atom. The second-order valence-corrected chi connectivity index (χ2v) is 7.10. The van der Waals surface area contributed by atoms with E-state index in [0.717, 1.165) is 17.8 Å². The van der Waals surface area contributed by atoms with Crippen LogP contribution in [0, 0.1) is 5.92 Å². The van der Waals surface area contributed by atoms with Gasteiger partial charge in [0.1, 0.15) is 4.21 Å². The molecule has 0 aliphatic carbocycles. The highest BCUT2D eigenvalue weighted by molar-refractivity contribution is 7.91. The molecule has 0 fully saturated rings. The van der Waals surface area contributed by atoms with E-state index in [1.807, 2.05) is 0 Å². The molecule has 0 aromatic carbocycles. The highest BCUT2D eigenvalue weighted by Gasteiger charge is 2.18. The fraction of sp³-hybridized carbons (Fsp3) is 0.545. The second kappa shape index (κ2) is 5.81. The van der Waals surface area contributed by atoms with Crippen molar-refractivity contribution in [3.63, 3.8) is 0 Å². The van der Waals surface area contributed by atoms with Crippen LogP contribution in [0.25, 0.3) is 0 Å². The summed E-state index contributed by atoms with van der Waals surface area (Å²) in [5.74, 6) is 0.233. The molecule has 0 aliphatic rings. The first-order valence-corrected chi connectivity index (χ1v) is 8.05. The van der Waals surface area contributed by atoms with Gasteiger partial charge in [-0.15, -0.1) is 11.3 Å². The van der Waals surface area contributed by atoms with E-state index in [4.69, 9.17) is 5.14 Å². The zero-order valence-electron chi connectivity index (χ0n) is 10.7. The number of carbonyl (C=O) groups excluding carboxylic acids is 1. The highest BCUT2D eigenvalue weighted by atomic mass is 32.2. The molecule has 0 spiro atoms. The van der Waals surface area contributed by atoms with Crippen molar-refractivity contribution in [1.82, 2.24) is 4.90 Å². The molecule has 7 heteroatoms. The van der Waals surface area contributed by atoms with E-state index in [9.17, 15) is 13.2 Å². The Bertz CT molecular complexity index is 522. The minimum atomic E-state index is -3.72. The van der Waals surface area contributed by atoms with Gasteiger partial charge in [-0.3, -0.25) is 4.79 Å². The van der Waals surface area contributed by atoms with Crippen molar-refractivity contribution in [1.29, 1.82) is 0 Å². The van der Waals surface area contributed by atoms with Crippen molar-refractivity contribution in [2.75, 3.05) is 13.6 Å². The fourth-order valence-corrected chi connectivity index (χ4v) is 3.06. The van der Waals surface area contributed by atoms with Crippen LogP contribution in [0.15, 0.2) is 15.7 Å². The van der Waals surface area contributed by atoms with Gasteiger partial charge in [-0.05, 0) is 12.0 Å². The summed E-state index contributed by atoms with van der Waals surface area (Å²) in [5.41, 5.74) is 0.370. The minimum Gasteiger partial charge on any atom is -0.341 e. The van der Waals surface area contributed by atoms with Crippen LogP contribution in [0.2, 0.25) is 0 Å². The summed E-state index contributed by atoms with van der Waals surface area (Å²) >= 11 is 0.966. The van der Waals surface area contributed by atoms with Crippen molar-refractivity contribution in [2.24, 2.45) is 11.1 Å². The lowest BCUT2D eigenvalue weighted by molar-refractivity contribution is 0.0775. The molecule has 1 atom stereocenters. The number of hydrogen-bond donors (Lipinski definition) is 1. The van der Waals surface area contributed by atoms with Crippen LogP contribution in [-0.4, -0.2) is 32.8 Å². The first kappa shape index (κ1) is 15.1. The van der Waals surface area contributed by atoms with Gasteiger partial charge in [-0.1, -0.05) is 20.3 Å². The average Bonchev–Trinajstić information content (AvgIpc) is 2.76. The Morgan fingerprint density at radius 2 is 2.17 bits per heavy atom. The molecule has 0 aliphatic heterocycles. The summed E-state index contributed by atoms with van der Waals surface area (Å²) in [5, 5.41) is 6.53. The van der Waals surface area contributed by atoms with E-state index in [-0.39, 0.29) is 10.1 Å². The molecule has 102 valence electrons. The molecule has 2 N–H and O–H groups in total. The molecule has 0 radical (unpaired) electrons. The predicted octanol–water partition coefficient (Wildman–Crippen LogP) is 1.51. The first-order valence-electron chi connectivity index (χ1n) is 5.62. The lowest BCUT2D eigenvalue weighted by atomic mass is 10.1. The van der Waals surface area contributed by atoms with Crippen LogP contribution in [0.5, 0.6) is 0 Å². The van der Waals surface area contributed by atoms with Gasteiger partial charge < -0.3 is 4.90 Å². The zero-order chi connectivity index (χ0) is 13.9. The van der Waals surface area contributed by atoms with Gasteiger partial charge in [0.2, 0.25) is 10.0 Å². The number of rotatable bonds is 5. The van der Waals surface area contributed by atoms with Crippen molar-refractivity contribution in [3.05, 3.63) is 17.0 Å². The molecule has 1 aromatic heterocycles. The second-order valence-electron chi connectivity index (χ2n) is 4.40. The molecular formula is C11H18N2O3S2. The maximum Gasteiger partial charge on any atom is 0.254 e. The number of nitrogens with two attached hydrogens (primary N) is 1. The van der Waals surface area contributed by atoms with Crippen LogP contribution in [-0.2, 0) is 10.0 Å². The number of sulfonamides is 1. The Kier molecular flexibility index (Phi) is 4.89. The smallest absolute Gasteiger partial charge is 0.254 e. The Labute approximate surface area is 112 Å². The number of amides is 1. The van der Waals surface area contributed by atoms with Crippen LogP contribution in [0.1, 0.15) is 30.6 Å². The maximum atomic E-state index is 12.0. The first-order chi connectivity index (χ1) is 8.25. The molecular weight excluding hydrogens is 272 g/mol. The van der Waals surface area contributed by atoms with Crippen molar-refractivity contribution >= 4 is 27.3 Å². The molecule has 5 nitrogen and oxygen atoms in total. The number of thiophene rings is 1. The van der Waals surface area contributed by atoms with Crippen molar-refractivity contribution in [3.8, 4) is 0 Å². The van der Waals surface area contributed by atoms with E-state index in [0.29, 0.717) is 18.0 Å². The molecule has 0 saturated heterocycles. The molecule has 0 bridgehead atoms. The largest absolute Gasteiger partial charge is 0.341 e. The number of primary sulfonamides is 1. The number of hydrogen-bond acceptors (Lipinski definition) is 4. The lowest BCUT2D eigenvalue weighted by Gasteiger charge is -2.20. The van der Waals surface area contributed by atoms with Gasteiger partial charge >= 0.3 is 0 Å². The summed E-state index contributed by atoms with van der Waals surface area (Å²) < 4.78 is 22.3. The summed E-state index contributed by atoms with van der Waals surface area (Å²) in [7, 11) is -2.01. The summed E-state index contributed by atoms with van der Waals surface area (Å²) in [6, 6.07) is 1.33. The molecule has 1 aromatic rings. The van der Waals surface area contributed by atoms with E-state index >= 15 is 0 Å². The maximum absolute atomic E-state index is 12.0. The number of nitrogens with zero attached hydrogens (tertiary/aromatic N) is 1. The summed E-state index contributed by atoms with van der Waals surface area (Å²) in [6.45, 7) is 4.77. The van der Waals surface area contributed by atoms with E-state index in [1.165, 1.54) is 11.4 Å². The van der Waals surface area contributed by atoms with Crippen LogP contribution in [0.4, 0.5) is 0 Å². The van der Waals surface area contributed by atoms with Gasteiger partial charge in [0.15, 0.2) is 0 Å². The van der Waals surface area contributed by atoms with E-state index < -0.39 is 10.0 Å². The summed E-state index contributed by atoms with van der Waals surface area (Å²) in [4.78, 5) is 13.6. The third-order valence-corrected chi connectivity index (χ3v) is 5.12. The number of carbonyl (C=O) groups is 1. The van der Waals surface area contributed by atoms with Crippen LogP contribution in [0.3, 0.4) is 0 Å². The van der Waals surface area contributed by atoms with E-state index in [2.05, 4.69) is 13.8 Å². The van der Waals surface area contributed by atoms with Crippen LogP contribution >= 0.6 is 11.3 Å². The SMILES string of the molecule is CCC(C)CN(C)C(=O)c1csc(S(N)(=O)=O)c1. The highest BCUT2D eigenvalue weighted by Crippen LogP contribution is 2.20. The third-order valence-electron chi connectivity index (χ3n) is 2.73. The van der Waals surface area contributed by atoms with Crippen molar-refractivity contribution in [2.45, 2.75) is 24.5 Å². The van der Waals surface area contributed by atoms with Gasteiger partial charge in [-0.25, -0.2) is 13.6 Å². The molecule has 1 heterocycles. The monoisotopic (exact) mass is 290 g/mol. The van der Waals surface area contributed by atoms with Crippen LogP contribution < -0.4 is 5.14 Å². The third kappa shape index (κ3) is 3.79. The average molecular weight is 290 g/mol. The molecule has 1 unspecified atom stereocenters. The minimum absolute atomic E-state index is 0.0165. The van der Waals surface area contributed by atoms with E-state index in [1.54, 1.807) is 11.9 Å². The summed E-state index contributed by atoms with van der Waals surface area (Å²) in [6.07, 6.45) is 0.990. The zero-order valence-corrected chi connectivity index (χ0v) is 12.3. The topological polar surface area (TPSA) is 80.5 Å². The molecule has 1 rings (SSSR count). The van der Waals surface area contributed by atoms with Crippen molar-refractivity contribution < 1.29 is 13.2 Å². The standard InChI is InChI=1S/C11H18N2O3S2/c1-4-8(2)6-13(3)11(14)9-5-10(17-7-9)18(12,15)16/h5,7-8H,4,6H2,1-3H3,(H2,12,15,16). The van der Waals surface area contributed by atoms with Gasteiger partial charge in [0.05, 0.1) is 5.56 Å². The molecule has 1 amide bonds. The quantitative estimate of drug-likeness (QED) is 0.892. The van der Waals surface area contributed by atoms with Gasteiger partial charge in [0.25, 0.3) is 5.91 Å². The van der Waals surface area contributed by atoms with Gasteiger partial charge in [0, 0.05) is 19.0 Å². The Balaban J connectivity index is 2.82. The normalized spacial score (nSPS) is 13.3. The molecule has 0 saturated carbocycles. The Hall–Kier alpha value is -0.920. The predicted molar refractivity (Wildman–Crippen MR) is 72.1 cm³/mol.